The van der Waals surface area contributed by atoms with Gasteiger partial charge >= 0.3 is 0 Å². The fourth-order valence-electron chi connectivity index (χ4n) is 2.02. The number of fused-ring (bicyclic) bond motifs is 1. The van der Waals surface area contributed by atoms with Gasteiger partial charge in [-0.05, 0) is 31.1 Å². The lowest BCUT2D eigenvalue weighted by Gasteiger charge is -2.10. The second kappa shape index (κ2) is 2.02. The molecule has 1 fully saturated rings. The number of hydrogen-bond acceptors (Lipinski definition) is 0. The molecule has 0 aromatic carbocycles. The van der Waals surface area contributed by atoms with Crippen LogP contribution >= 0.6 is 11.6 Å². The molecule has 0 spiro atoms. The summed E-state index contributed by atoms with van der Waals surface area (Å²) in [6.07, 6.45) is 8.42. The van der Waals surface area contributed by atoms with Gasteiger partial charge in [0.15, 0.2) is 0 Å². The summed E-state index contributed by atoms with van der Waals surface area (Å²) in [4.78, 5) is 0. The van der Waals surface area contributed by atoms with E-state index in [0.29, 0.717) is 5.38 Å². The number of rotatable bonds is 0. The molecule has 0 saturated heterocycles. The van der Waals surface area contributed by atoms with Gasteiger partial charge in [-0.25, -0.2) is 0 Å². The normalized spacial score (nSPS) is 47.9. The van der Waals surface area contributed by atoms with E-state index in [4.69, 9.17) is 11.6 Å². The van der Waals surface area contributed by atoms with Gasteiger partial charge in [-0.2, -0.15) is 0 Å². The maximum absolute atomic E-state index is 6.07. The molecule has 3 unspecified atom stereocenters. The van der Waals surface area contributed by atoms with Gasteiger partial charge in [0.05, 0.1) is 0 Å². The van der Waals surface area contributed by atoms with E-state index in [1.54, 1.807) is 0 Å². The average molecular weight is 143 g/mol. The van der Waals surface area contributed by atoms with Gasteiger partial charge < -0.3 is 0 Å². The molecule has 0 radical (unpaired) electrons. The molecule has 0 aromatic rings. The number of hydrogen-bond donors (Lipinski definition) is 0. The summed E-state index contributed by atoms with van der Waals surface area (Å²) >= 11 is 6.07. The summed E-state index contributed by atoms with van der Waals surface area (Å²) in [5, 5.41) is 0.477. The van der Waals surface area contributed by atoms with Crippen molar-refractivity contribution in [2.75, 3.05) is 0 Å². The van der Waals surface area contributed by atoms with Gasteiger partial charge in [0.2, 0.25) is 0 Å². The summed E-state index contributed by atoms with van der Waals surface area (Å²) in [6, 6.07) is 0. The second-order valence-electron chi connectivity index (χ2n) is 3.08. The first-order chi connectivity index (χ1) is 4.38. The zero-order chi connectivity index (χ0) is 6.27. The molecule has 0 aliphatic heterocycles. The molecule has 50 valence electrons. The molecule has 0 N–H and O–H groups in total. The van der Waals surface area contributed by atoms with Crippen LogP contribution < -0.4 is 0 Å². The molecule has 2 aliphatic rings. The van der Waals surface area contributed by atoms with Crippen LogP contribution in [0.25, 0.3) is 0 Å². The van der Waals surface area contributed by atoms with E-state index in [-0.39, 0.29) is 0 Å². The summed E-state index contributed by atoms with van der Waals surface area (Å²) in [5.41, 5.74) is 0. The fourth-order valence-corrected chi connectivity index (χ4v) is 2.44. The van der Waals surface area contributed by atoms with Crippen LogP contribution in [0.15, 0.2) is 12.2 Å². The SMILES string of the molecule is ClC1CCC2C=CCC12. The largest absolute Gasteiger partial charge is 0.123 e. The first-order valence-corrected chi connectivity index (χ1v) is 4.12. The third-order valence-corrected chi connectivity index (χ3v) is 3.12. The van der Waals surface area contributed by atoms with Gasteiger partial charge in [-0.3, -0.25) is 0 Å². The van der Waals surface area contributed by atoms with Crippen LogP contribution in [0.5, 0.6) is 0 Å². The van der Waals surface area contributed by atoms with Crippen LogP contribution in [0, 0.1) is 11.8 Å². The minimum absolute atomic E-state index is 0.477. The van der Waals surface area contributed by atoms with Gasteiger partial charge in [0.25, 0.3) is 0 Å². The molecule has 2 aliphatic carbocycles. The molecule has 9 heavy (non-hydrogen) atoms. The van der Waals surface area contributed by atoms with Crippen molar-refractivity contribution < 1.29 is 0 Å². The predicted octanol–water partition coefficient (Wildman–Crippen LogP) is 2.58. The van der Waals surface area contributed by atoms with Crippen molar-refractivity contribution in [3.05, 3.63) is 12.2 Å². The Kier molecular flexibility index (Phi) is 1.30. The van der Waals surface area contributed by atoms with E-state index >= 15 is 0 Å². The highest BCUT2D eigenvalue weighted by atomic mass is 35.5. The second-order valence-corrected chi connectivity index (χ2v) is 3.65. The molecule has 0 nitrogen and oxygen atoms in total. The van der Waals surface area contributed by atoms with Crippen molar-refractivity contribution in [3.63, 3.8) is 0 Å². The van der Waals surface area contributed by atoms with E-state index in [1.807, 2.05) is 0 Å². The predicted molar refractivity (Wildman–Crippen MR) is 39.6 cm³/mol. The summed E-state index contributed by atoms with van der Waals surface area (Å²) < 4.78 is 0. The Balaban J connectivity index is 2.13. The van der Waals surface area contributed by atoms with Gasteiger partial charge in [-0.15, -0.1) is 11.6 Å². The first-order valence-electron chi connectivity index (χ1n) is 3.68. The van der Waals surface area contributed by atoms with Crippen LogP contribution in [-0.2, 0) is 0 Å². The highest BCUT2D eigenvalue weighted by molar-refractivity contribution is 6.21. The summed E-state index contributed by atoms with van der Waals surface area (Å²) in [5.74, 6) is 1.64. The lowest BCUT2D eigenvalue weighted by Crippen LogP contribution is -2.08. The highest BCUT2D eigenvalue weighted by Crippen LogP contribution is 2.42. The third-order valence-electron chi connectivity index (χ3n) is 2.58. The van der Waals surface area contributed by atoms with Gasteiger partial charge in [0, 0.05) is 5.38 Å². The molecular formula is C8H11Cl. The maximum Gasteiger partial charge on any atom is 0.0373 e. The number of halogens is 1. The summed E-state index contributed by atoms with van der Waals surface area (Å²) in [7, 11) is 0. The molecule has 1 heteroatoms. The minimum Gasteiger partial charge on any atom is -0.123 e. The monoisotopic (exact) mass is 142 g/mol. The summed E-state index contributed by atoms with van der Waals surface area (Å²) in [6.45, 7) is 0. The van der Waals surface area contributed by atoms with E-state index in [0.717, 1.165) is 11.8 Å². The van der Waals surface area contributed by atoms with E-state index in [2.05, 4.69) is 12.2 Å². The zero-order valence-corrected chi connectivity index (χ0v) is 6.14. The Labute approximate surface area is 60.9 Å². The average Bonchev–Trinajstić information content (AvgIpc) is 2.35. The molecule has 0 heterocycles. The van der Waals surface area contributed by atoms with Crippen LogP contribution in [0.4, 0.5) is 0 Å². The zero-order valence-electron chi connectivity index (χ0n) is 5.39. The van der Waals surface area contributed by atoms with Gasteiger partial charge in [-0.1, -0.05) is 12.2 Å². The molecular weight excluding hydrogens is 132 g/mol. The number of alkyl halides is 1. The van der Waals surface area contributed by atoms with Crippen molar-refractivity contribution in [2.24, 2.45) is 11.8 Å². The Morgan fingerprint density at radius 1 is 1.33 bits per heavy atom. The molecule has 0 aromatic heterocycles. The van der Waals surface area contributed by atoms with Crippen LogP contribution in [0.2, 0.25) is 0 Å². The van der Waals surface area contributed by atoms with Gasteiger partial charge in [0.1, 0.15) is 0 Å². The maximum atomic E-state index is 6.07. The third kappa shape index (κ3) is 0.806. The van der Waals surface area contributed by atoms with Crippen molar-refractivity contribution in [1.82, 2.24) is 0 Å². The molecule has 2 rings (SSSR count). The molecule has 0 bridgehead atoms. The Bertz CT molecular complexity index is 140. The molecule has 3 atom stereocenters. The Hall–Kier alpha value is 0.0300. The quantitative estimate of drug-likeness (QED) is 0.360. The van der Waals surface area contributed by atoms with Crippen molar-refractivity contribution in [2.45, 2.75) is 24.6 Å². The van der Waals surface area contributed by atoms with E-state index in [1.165, 1.54) is 19.3 Å². The fraction of sp³-hybridized carbons (Fsp3) is 0.750. The molecule has 1 saturated carbocycles. The first kappa shape index (κ1) is 5.79. The highest BCUT2D eigenvalue weighted by Gasteiger charge is 2.34. The van der Waals surface area contributed by atoms with Crippen molar-refractivity contribution in [3.8, 4) is 0 Å². The lowest BCUT2D eigenvalue weighted by atomic mass is 10.0. The van der Waals surface area contributed by atoms with Crippen molar-refractivity contribution >= 4 is 11.6 Å². The standard InChI is InChI=1S/C8H11Cl/c9-8-5-4-6-2-1-3-7(6)8/h1-2,6-8H,3-5H2. The van der Waals surface area contributed by atoms with Crippen molar-refractivity contribution in [1.29, 1.82) is 0 Å². The van der Waals surface area contributed by atoms with Crippen LogP contribution in [0.1, 0.15) is 19.3 Å². The van der Waals surface area contributed by atoms with E-state index in [9.17, 15) is 0 Å². The Morgan fingerprint density at radius 2 is 2.22 bits per heavy atom. The smallest absolute Gasteiger partial charge is 0.0373 e. The van der Waals surface area contributed by atoms with E-state index < -0.39 is 0 Å². The topological polar surface area (TPSA) is 0 Å². The molecule has 0 amide bonds. The number of allylic oxidation sites excluding steroid dienone is 2. The minimum atomic E-state index is 0.477. The van der Waals surface area contributed by atoms with Crippen LogP contribution in [-0.4, -0.2) is 5.38 Å². The lowest BCUT2D eigenvalue weighted by molar-refractivity contribution is 0.500. The Morgan fingerprint density at radius 3 is 3.00 bits per heavy atom. The van der Waals surface area contributed by atoms with Crippen LogP contribution in [0.3, 0.4) is 0 Å².